The molecule has 0 radical (unpaired) electrons. The van der Waals surface area contributed by atoms with Crippen molar-refractivity contribution in [1.82, 2.24) is 4.31 Å². The number of nitro benzene ring substituents is 1. The first-order valence-electron chi connectivity index (χ1n) is 7.32. The molecule has 0 aliphatic rings. The van der Waals surface area contributed by atoms with Crippen molar-refractivity contribution in [3.63, 3.8) is 0 Å². The van der Waals surface area contributed by atoms with Crippen LogP contribution < -0.4 is 9.47 Å². The number of hydrogen-bond donors (Lipinski definition) is 0. The molecule has 2 aromatic rings. The minimum atomic E-state index is -3.74. The maximum Gasteiger partial charge on any atom is 0.269 e. The molecule has 0 fully saturated rings. The van der Waals surface area contributed by atoms with Crippen LogP contribution in [0.15, 0.2) is 53.4 Å². The van der Waals surface area contributed by atoms with Crippen LogP contribution in [0.5, 0.6) is 11.5 Å². The predicted octanol–water partition coefficient (Wildman–Crippen LogP) is 2.30. The molecule has 2 aromatic carbocycles. The van der Waals surface area contributed by atoms with Gasteiger partial charge < -0.3 is 9.47 Å². The number of nitrogens with zero attached hydrogens (tertiary/aromatic N) is 2. The van der Waals surface area contributed by atoms with Gasteiger partial charge in [0, 0.05) is 25.7 Å². The van der Waals surface area contributed by atoms with Crippen LogP contribution in [0, 0.1) is 10.1 Å². The van der Waals surface area contributed by atoms with Gasteiger partial charge in [-0.1, -0.05) is 0 Å². The summed E-state index contributed by atoms with van der Waals surface area (Å²) in [6, 6.07) is 11.7. The second kappa shape index (κ2) is 7.95. The standard InChI is InChI=1S/C16H18N2O6S/c1-17(11-12-24-15-7-5-14(23-2)6-8-15)25(21,22)16-9-3-13(4-10-16)18(19)20/h3-10H,11-12H2,1-2H3. The topological polar surface area (TPSA) is 99.0 Å². The van der Waals surface area contributed by atoms with E-state index in [0.717, 1.165) is 16.4 Å². The van der Waals surface area contributed by atoms with Crippen molar-refractivity contribution in [2.45, 2.75) is 4.90 Å². The molecular weight excluding hydrogens is 348 g/mol. The van der Waals surface area contributed by atoms with Gasteiger partial charge in [0.05, 0.1) is 16.9 Å². The van der Waals surface area contributed by atoms with Crippen molar-refractivity contribution in [2.75, 3.05) is 27.3 Å². The molecule has 25 heavy (non-hydrogen) atoms. The van der Waals surface area contributed by atoms with Crippen LogP contribution >= 0.6 is 0 Å². The molecule has 0 aliphatic heterocycles. The molecule has 0 aromatic heterocycles. The largest absolute Gasteiger partial charge is 0.497 e. The van der Waals surface area contributed by atoms with Crippen molar-refractivity contribution in [1.29, 1.82) is 0 Å². The Bertz CT molecular complexity index is 819. The van der Waals surface area contributed by atoms with Crippen molar-refractivity contribution in [3.05, 3.63) is 58.6 Å². The molecule has 0 heterocycles. The Hall–Kier alpha value is -2.65. The van der Waals surface area contributed by atoms with Crippen LogP contribution in [0.2, 0.25) is 0 Å². The molecule has 0 N–H and O–H groups in total. The van der Waals surface area contributed by atoms with E-state index in [9.17, 15) is 18.5 Å². The van der Waals surface area contributed by atoms with Gasteiger partial charge in [-0.25, -0.2) is 8.42 Å². The van der Waals surface area contributed by atoms with Gasteiger partial charge in [-0.05, 0) is 36.4 Å². The van der Waals surface area contributed by atoms with Crippen molar-refractivity contribution < 1.29 is 22.8 Å². The summed E-state index contributed by atoms with van der Waals surface area (Å²) in [6.45, 7) is 0.292. The summed E-state index contributed by atoms with van der Waals surface area (Å²) < 4.78 is 36.5. The van der Waals surface area contributed by atoms with E-state index in [1.165, 1.54) is 19.2 Å². The lowest BCUT2D eigenvalue weighted by molar-refractivity contribution is -0.384. The number of rotatable bonds is 8. The Balaban J connectivity index is 1.96. The Morgan fingerprint density at radius 1 is 1.04 bits per heavy atom. The Morgan fingerprint density at radius 2 is 1.60 bits per heavy atom. The third kappa shape index (κ3) is 4.68. The monoisotopic (exact) mass is 366 g/mol. The minimum absolute atomic E-state index is 0.00922. The highest BCUT2D eigenvalue weighted by Gasteiger charge is 2.21. The van der Waals surface area contributed by atoms with Crippen LogP contribution in [0.4, 0.5) is 5.69 Å². The van der Waals surface area contributed by atoms with Gasteiger partial charge in [-0.15, -0.1) is 0 Å². The van der Waals surface area contributed by atoms with Gasteiger partial charge in [0.2, 0.25) is 10.0 Å². The number of nitro groups is 1. The summed E-state index contributed by atoms with van der Waals surface area (Å²) in [7, 11) is -0.748. The van der Waals surface area contributed by atoms with E-state index in [1.54, 1.807) is 31.4 Å². The van der Waals surface area contributed by atoms with E-state index < -0.39 is 14.9 Å². The van der Waals surface area contributed by atoms with Crippen molar-refractivity contribution in [2.24, 2.45) is 0 Å². The Morgan fingerprint density at radius 3 is 2.12 bits per heavy atom. The van der Waals surface area contributed by atoms with Crippen LogP contribution in [-0.2, 0) is 10.0 Å². The molecule has 2 rings (SSSR count). The summed E-state index contributed by atoms with van der Waals surface area (Å²) in [5, 5.41) is 10.6. The number of ether oxygens (including phenoxy) is 2. The Labute approximate surface area is 145 Å². The van der Waals surface area contributed by atoms with Crippen LogP contribution in [-0.4, -0.2) is 45.0 Å². The third-order valence-electron chi connectivity index (χ3n) is 3.49. The lowest BCUT2D eigenvalue weighted by Crippen LogP contribution is -2.31. The lowest BCUT2D eigenvalue weighted by Gasteiger charge is -2.17. The molecule has 0 saturated heterocycles. The number of benzene rings is 2. The minimum Gasteiger partial charge on any atom is -0.497 e. The number of methoxy groups -OCH3 is 1. The number of non-ortho nitro benzene ring substituents is 1. The third-order valence-corrected chi connectivity index (χ3v) is 5.36. The zero-order valence-corrected chi connectivity index (χ0v) is 14.6. The van der Waals surface area contributed by atoms with Crippen molar-refractivity contribution in [3.8, 4) is 11.5 Å². The van der Waals surface area contributed by atoms with Gasteiger partial charge in [-0.2, -0.15) is 4.31 Å². The zero-order chi connectivity index (χ0) is 18.4. The van der Waals surface area contributed by atoms with E-state index in [4.69, 9.17) is 9.47 Å². The van der Waals surface area contributed by atoms with E-state index in [-0.39, 0.29) is 23.7 Å². The first kappa shape index (κ1) is 18.7. The maximum atomic E-state index is 12.4. The highest BCUT2D eigenvalue weighted by molar-refractivity contribution is 7.89. The first-order chi connectivity index (χ1) is 11.8. The Kier molecular flexibility index (Phi) is 5.94. The second-order valence-electron chi connectivity index (χ2n) is 5.10. The number of hydrogen-bond acceptors (Lipinski definition) is 6. The average Bonchev–Trinajstić information content (AvgIpc) is 2.62. The van der Waals surface area contributed by atoms with Gasteiger partial charge in [0.1, 0.15) is 18.1 Å². The smallest absolute Gasteiger partial charge is 0.269 e. The van der Waals surface area contributed by atoms with Crippen LogP contribution in [0.3, 0.4) is 0 Å². The van der Waals surface area contributed by atoms with E-state index in [2.05, 4.69) is 0 Å². The van der Waals surface area contributed by atoms with Crippen molar-refractivity contribution >= 4 is 15.7 Å². The quantitative estimate of drug-likeness (QED) is 0.525. The molecular formula is C16H18N2O6S. The van der Waals surface area contributed by atoms with Crippen LogP contribution in [0.1, 0.15) is 0 Å². The van der Waals surface area contributed by atoms with E-state index >= 15 is 0 Å². The fraction of sp³-hybridized carbons (Fsp3) is 0.250. The molecule has 0 atom stereocenters. The van der Waals surface area contributed by atoms with Gasteiger partial charge in [0.15, 0.2) is 0 Å². The highest BCUT2D eigenvalue weighted by Crippen LogP contribution is 2.19. The van der Waals surface area contributed by atoms with E-state index in [1.807, 2.05) is 0 Å². The number of likely N-dealkylation sites (N-methyl/N-ethyl adjacent to an activating group) is 1. The zero-order valence-electron chi connectivity index (χ0n) is 13.8. The maximum absolute atomic E-state index is 12.4. The molecule has 0 aliphatic carbocycles. The summed E-state index contributed by atoms with van der Waals surface area (Å²) in [5.41, 5.74) is -0.163. The van der Waals surface area contributed by atoms with Gasteiger partial charge in [-0.3, -0.25) is 10.1 Å². The molecule has 0 unspecified atom stereocenters. The molecule has 0 amide bonds. The SMILES string of the molecule is COc1ccc(OCCN(C)S(=O)(=O)c2ccc([N+](=O)[O-])cc2)cc1. The fourth-order valence-electron chi connectivity index (χ4n) is 2.00. The summed E-state index contributed by atoms with van der Waals surface area (Å²) in [6.07, 6.45) is 0. The second-order valence-corrected chi connectivity index (χ2v) is 7.15. The molecule has 0 bridgehead atoms. The molecule has 0 saturated carbocycles. The summed E-state index contributed by atoms with van der Waals surface area (Å²) >= 11 is 0. The fourth-order valence-corrected chi connectivity index (χ4v) is 3.16. The summed E-state index contributed by atoms with van der Waals surface area (Å²) in [4.78, 5) is 10.0. The highest BCUT2D eigenvalue weighted by atomic mass is 32.2. The van der Waals surface area contributed by atoms with Gasteiger partial charge >= 0.3 is 0 Å². The molecule has 8 nitrogen and oxygen atoms in total. The lowest BCUT2D eigenvalue weighted by atomic mass is 10.3. The predicted molar refractivity (Wildman–Crippen MR) is 91.4 cm³/mol. The molecule has 9 heteroatoms. The molecule has 0 spiro atoms. The average molecular weight is 366 g/mol. The summed E-state index contributed by atoms with van der Waals surface area (Å²) in [5.74, 6) is 1.30. The van der Waals surface area contributed by atoms with Gasteiger partial charge in [0.25, 0.3) is 5.69 Å². The molecule has 134 valence electrons. The first-order valence-corrected chi connectivity index (χ1v) is 8.76. The number of sulfonamides is 1. The van der Waals surface area contributed by atoms with Crippen LogP contribution in [0.25, 0.3) is 0 Å². The normalized spacial score (nSPS) is 11.3. The van der Waals surface area contributed by atoms with E-state index in [0.29, 0.717) is 11.5 Å².